The summed E-state index contributed by atoms with van der Waals surface area (Å²) in [4.78, 5) is 39.1. The number of carbonyl (C=O) groups is 3. The van der Waals surface area contributed by atoms with Crippen molar-refractivity contribution in [1.29, 1.82) is 0 Å². The lowest BCUT2D eigenvalue weighted by molar-refractivity contribution is -0.136. The molecule has 0 bridgehead atoms. The van der Waals surface area contributed by atoms with E-state index in [4.69, 9.17) is 0 Å². The van der Waals surface area contributed by atoms with Crippen molar-refractivity contribution in [3.05, 3.63) is 35.9 Å². The fraction of sp³-hybridized carbons (Fsp3) is 0.571. The number of rotatable bonds is 4. The molecule has 6 heteroatoms. The minimum atomic E-state index is -0.311. The quantitative estimate of drug-likeness (QED) is 0.851. The molecule has 1 aromatic rings. The molecule has 1 heterocycles. The summed E-state index contributed by atoms with van der Waals surface area (Å²) in [6, 6.07) is 9.39. The van der Waals surface area contributed by atoms with E-state index in [1.54, 1.807) is 4.90 Å². The Kier molecular flexibility index (Phi) is 6.85. The number of hydrogen-bond acceptors (Lipinski definition) is 3. The van der Waals surface area contributed by atoms with Gasteiger partial charge in [0.15, 0.2) is 0 Å². The summed E-state index contributed by atoms with van der Waals surface area (Å²) in [5, 5.41) is 5.74. The van der Waals surface area contributed by atoms with Gasteiger partial charge in [-0.1, -0.05) is 43.2 Å². The highest BCUT2D eigenvalue weighted by atomic mass is 16.2. The molecule has 1 aliphatic carbocycles. The van der Waals surface area contributed by atoms with Gasteiger partial charge in [0.1, 0.15) is 0 Å². The number of nitrogens with one attached hydrogen (secondary N) is 2. The summed E-state index contributed by atoms with van der Waals surface area (Å²) in [5.41, 5.74) is 0.953. The van der Waals surface area contributed by atoms with E-state index in [0.717, 1.165) is 44.1 Å². The minimum Gasteiger partial charge on any atom is -0.356 e. The topological polar surface area (TPSA) is 78.5 Å². The predicted octanol–water partition coefficient (Wildman–Crippen LogP) is 2.16. The van der Waals surface area contributed by atoms with Crippen molar-refractivity contribution in [3.63, 3.8) is 0 Å². The molecule has 3 rings (SSSR count). The third-order valence-corrected chi connectivity index (χ3v) is 5.27. The van der Waals surface area contributed by atoms with E-state index < -0.39 is 0 Å². The fourth-order valence-electron chi connectivity index (χ4n) is 3.53. The number of carbonyl (C=O) groups excluding carboxylic acids is 3. The Balaban J connectivity index is 1.76. The van der Waals surface area contributed by atoms with Crippen LogP contribution in [0.4, 0.5) is 0 Å². The first-order valence-corrected chi connectivity index (χ1v) is 10.0. The normalized spacial score (nSPS) is 21.7. The van der Waals surface area contributed by atoms with Gasteiger partial charge in [-0.25, -0.2) is 0 Å². The zero-order valence-electron chi connectivity index (χ0n) is 15.8. The smallest absolute Gasteiger partial charge is 0.242 e. The molecule has 146 valence electrons. The molecule has 2 aliphatic rings. The highest BCUT2D eigenvalue weighted by molar-refractivity contribution is 5.87. The second-order valence-corrected chi connectivity index (χ2v) is 7.47. The number of nitrogens with zero attached hydrogens (tertiary/aromatic N) is 1. The highest BCUT2D eigenvalue weighted by Crippen LogP contribution is 2.29. The Labute approximate surface area is 160 Å². The van der Waals surface area contributed by atoms with Crippen LogP contribution in [0.5, 0.6) is 0 Å². The van der Waals surface area contributed by atoms with Gasteiger partial charge < -0.3 is 15.5 Å². The molecule has 3 amide bonds. The van der Waals surface area contributed by atoms with Gasteiger partial charge in [-0.05, 0) is 31.2 Å². The molecule has 0 spiro atoms. The van der Waals surface area contributed by atoms with Gasteiger partial charge in [0.05, 0.1) is 19.0 Å². The van der Waals surface area contributed by atoms with Gasteiger partial charge in [-0.2, -0.15) is 0 Å². The van der Waals surface area contributed by atoms with E-state index in [1.165, 1.54) is 0 Å². The molecule has 1 unspecified atom stereocenters. The fourth-order valence-corrected chi connectivity index (χ4v) is 3.53. The van der Waals surface area contributed by atoms with E-state index in [1.807, 2.05) is 30.3 Å². The van der Waals surface area contributed by atoms with Crippen LogP contribution in [-0.4, -0.2) is 42.3 Å². The van der Waals surface area contributed by atoms with Gasteiger partial charge in [0.2, 0.25) is 17.7 Å². The molecule has 1 saturated carbocycles. The van der Waals surface area contributed by atoms with Crippen LogP contribution in [0.25, 0.3) is 0 Å². The molecule has 27 heavy (non-hydrogen) atoms. The molecule has 6 nitrogen and oxygen atoms in total. The molecule has 1 saturated heterocycles. The van der Waals surface area contributed by atoms with Crippen LogP contribution < -0.4 is 10.6 Å². The maximum absolute atomic E-state index is 13.0. The Morgan fingerprint density at radius 1 is 1.07 bits per heavy atom. The molecule has 2 fully saturated rings. The molecule has 1 aliphatic heterocycles. The molecule has 0 aromatic heterocycles. The first-order valence-electron chi connectivity index (χ1n) is 10.0. The summed E-state index contributed by atoms with van der Waals surface area (Å²) in [5.74, 6) is -0.109. The second kappa shape index (κ2) is 9.53. The monoisotopic (exact) mass is 371 g/mol. The lowest BCUT2D eigenvalue weighted by Crippen LogP contribution is -2.44. The van der Waals surface area contributed by atoms with E-state index in [2.05, 4.69) is 10.6 Å². The minimum absolute atomic E-state index is 0.000284. The van der Waals surface area contributed by atoms with Crippen LogP contribution in [0.15, 0.2) is 30.3 Å². The highest BCUT2D eigenvalue weighted by Gasteiger charge is 2.31. The average Bonchev–Trinajstić information content (AvgIpc) is 3.52. The van der Waals surface area contributed by atoms with Crippen LogP contribution in [-0.2, 0) is 14.4 Å². The second-order valence-electron chi connectivity index (χ2n) is 7.47. The van der Waals surface area contributed by atoms with E-state index in [0.29, 0.717) is 13.1 Å². The maximum atomic E-state index is 13.0. The molecular formula is C21H29N3O3. The van der Waals surface area contributed by atoms with Crippen LogP contribution in [0.2, 0.25) is 0 Å². The Morgan fingerprint density at radius 2 is 1.81 bits per heavy atom. The zero-order chi connectivity index (χ0) is 19.1. The third-order valence-electron chi connectivity index (χ3n) is 5.27. The van der Waals surface area contributed by atoms with Crippen LogP contribution in [0, 0.1) is 5.92 Å². The van der Waals surface area contributed by atoms with Crippen LogP contribution in [0.1, 0.15) is 56.6 Å². The molecule has 2 N–H and O–H groups in total. The molecule has 1 atom stereocenters. The molecule has 0 radical (unpaired) electrons. The number of benzene rings is 1. The van der Waals surface area contributed by atoms with E-state index >= 15 is 0 Å². The average molecular weight is 371 g/mol. The van der Waals surface area contributed by atoms with E-state index in [-0.39, 0.29) is 42.6 Å². The number of amides is 3. The summed E-state index contributed by atoms with van der Waals surface area (Å²) < 4.78 is 0. The third kappa shape index (κ3) is 5.81. The Bertz CT molecular complexity index is 658. The van der Waals surface area contributed by atoms with Gasteiger partial charge in [-0.3, -0.25) is 14.4 Å². The van der Waals surface area contributed by atoms with Crippen molar-refractivity contribution >= 4 is 17.7 Å². The maximum Gasteiger partial charge on any atom is 0.242 e. The van der Waals surface area contributed by atoms with Crippen LogP contribution >= 0.6 is 0 Å². The van der Waals surface area contributed by atoms with Gasteiger partial charge >= 0.3 is 0 Å². The van der Waals surface area contributed by atoms with E-state index in [9.17, 15) is 14.4 Å². The summed E-state index contributed by atoms with van der Waals surface area (Å²) >= 11 is 0. The van der Waals surface area contributed by atoms with Crippen LogP contribution in [0.3, 0.4) is 0 Å². The van der Waals surface area contributed by atoms with Crippen molar-refractivity contribution < 1.29 is 14.4 Å². The zero-order valence-corrected chi connectivity index (χ0v) is 15.8. The van der Waals surface area contributed by atoms with Crippen molar-refractivity contribution in [2.75, 3.05) is 19.6 Å². The molecule has 1 aromatic carbocycles. The lowest BCUT2D eigenvalue weighted by atomic mass is 10.0. The van der Waals surface area contributed by atoms with Crippen molar-refractivity contribution in [1.82, 2.24) is 15.5 Å². The van der Waals surface area contributed by atoms with Gasteiger partial charge in [0.25, 0.3) is 0 Å². The van der Waals surface area contributed by atoms with Gasteiger partial charge in [0, 0.05) is 19.0 Å². The Hall–Kier alpha value is -2.37. The summed E-state index contributed by atoms with van der Waals surface area (Å²) in [6.07, 6.45) is 6.00. The first-order chi connectivity index (χ1) is 13.1. The standard InChI is InChI=1S/C21H29N3O3/c25-19-14-18(16-8-4-3-5-9-16)24(13-7-2-1-6-12-22-19)20(26)15-23-21(27)17-10-11-17/h3-5,8-9,17-18H,1-2,6-7,10-15H2,(H,22,25)(H,23,27). The summed E-state index contributed by atoms with van der Waals surface area (Å²) in [7, 11) is 0. The predicted molar refractivity (Wildman–Crippen MR) is 103 cm³/mol. The van der Waals surface area contributed by atoms with Crippen molar-refractivity contribution in [3.8, 4) is 0 Å². The first kappa shape index (κ1) is 19.4. The Morgan fingerprint density at radius 3 is 2.56 bits per heavy atom. The molecular weight excluding hydrogens is 342 g/mol. The lowest BCUT2D eigenvalue weighted by Gasteiger charge is -2.32. The van der Waals surface area contributed by atoms with Crippen molar-refractivity contribution in [2.24, 2.45) is 5.92 Å². The SMILES string of the molecule is O=C1CC(c2ccccc2)N(C(=O)CNC(=O)C2CC2)CCCCCCN1. The largest absolute Gasteiger partial charge is 0.356 e. The van der Waals surface area contributed by atoms with Gasteiger partial charge in [-0.15, -0.1) is 0 Å². The number of hydrogen-bond donors (Lipinski definition) is 2. The van der Waals surface area contributed by atoms with Crippen molar-refractivity contribution in [2.45, 2.75) is 51.0 Å². The summed E-state index contributed by atoms with van der Waals surface area (Å²) in [6.45, 7) is 1.29.